The molecule has 1 heterocycles. The third-order valence-corrected chi connectivity index (χ3v) is 4.00. The highest BCUT2D eigenvalue weighted by Gasteiger charge is 2.44. The maximum atomic E-state index is 14.3. The Balaban J connectivity index is 0.00000264. The van der Waals surface area contributed by atoms with E-state index in [-0.39, 0.29) is 34.5 Å². The zero-order chi connectivity index (χ0) is 16.3. The number of phenols is 1. The number of nitrogens with one attached hydrogen (secondary N) is 1. The highest BCUT2D eigenvalue weighted by atomic mass is 35.5. The second kappa shape index (κ2) is 8.30. The van der Waals surface area contributed by atoms with Gasteiger partial charge in [0.2, 0.25) is 0 Å². The number of aliphatic hydroxyl groups excluding tert-OH is 1. The molecule has 0 spiro atoms. The topological polar surface area (TPSA) is 65.0 Å². The van der Waals surface area contributed by atoms with Crippen molar-refractivity contribution in [1.29, 1.82) is 0 Å². The quantitative estimate of drug-likeness (QED) is 0.738. The van der Waals surface area contributed by atoms with Crippen LogP contribution in [0.4, 0.5) is 8.78 Å². The summed E-state index contributed by atoms with van der Waals surface area (Å²) in [7, 11) is 1.32. The summed E-state index contributed by atoms with van der Waals surface area (Å²) in [6.45, 7) is 0.729. The summed E-state index contributed by atoms with van der Waals surface area (Å²) in [6, 6.07) is 1.28. The third-order valence-electron chi connectivity index (χ3n) is 3.71. The fourth-order valence-electron chi connectivity index (χ4n) is 2.66. The Morgan fingerprint density at radius 2 is 2.00 bits per heavy atom. The fourth-order valence-corrected chi connectivity index (χ4v) is 2.87. The lowest BCUT2D eigenvalue weighted by atomic mass is 9.97. The van der Waals surface area contributed by atoms with Crippen LogP contribution >= 0.6 is 24.0 Å². The van der Waals surface area contributed by atoms with Gasteiger partial charge in [-0.25, -0.2) is 8.78 Å². The number of nitrogens with zero attached hydrogens (tertiary/aromatic N) is 1. The van der Waals surface area contributed by atoms with Gasteiger partial charge in [-0.1, -0.05) is 11.6 Å². The van der Waals surface area contributed by atoms with Gasteiger partial charge in [0.25, 0.3) is 5.92 Å². The lowest BCUT2D eigenvalue weighted by molar-refractivity contribution is -0.118. The standard InChI is InChI=1S/C14H19ClF2N2O3.ClH/c1-22-11-7-9(6-10(15)12(11)21)13(14(16,17)8-20)19-4-2-18-3-5-19;/h6-7,13,18,20-21H,2-5,8H2,1H3;1H/t13-;/m0./s1. The number of benzene rings is 1. The van der Waals surface area contributed by atoms with Crippen molar-refractivity contribution >= 4 is 24.0 Å². The van der Waals surface area contributed by atoms with E-state index in [0.29, 0.717) is 26.2 Å². The van der Waals surface area contributed by atoms with Crippen molar-refractivity contribution in [2.75, 3.05) is 39.9 Å². The van der Waals surface area contributed by atoms with Crippen LogP contribution in [0.5, 0.6) is 11.5 Å². The number of hydrogen-bond donors (Lipinski definition) is 3. The minimum atomic E-state index is -3.34. The molecular weight excluding hydrogens is 353 g/mol. The van der Waals surface area contributed by atoms with Crippen molar-refractivity contribution in [2.45, 2.75) is 12.0 Å². The summed E-state index contributed by atoms with van der Waals surface area (Å²) < 4.78 is 33.6. The van der Waals surface area contributed by atoms with Crippen LogP contribution in [0, 0.1) is 0 Å². The molecule has 1 atom stereocenters. The minimum absolute atomic E-state index is 0. The van der Waals surface area contributed by atoms with Gasteiger partial charge in [-0.05, 0) is 17.7 Å². The second-order valence-corrected chi connectivity index (χ2v) is 5.57. The Hall–Kier alpha value is -0.860. The molecule has 3 N–H and O–H groups in total. The molecule has 2 rings (SSSR count). The Kier molecular flexibility index (Phi) is 7.29. The van der Waals surface area contributed by atoms with Crippen molar-refractivity contribution in [3.05, 3.63) is 22.7 Å². The van der Waals surface area contributed by atoms with Gasteiger partial charge >= 0.3 is 0 Å². The van der Waals surface area contributed by atoms with Gasteiger partial charge in [-0.3, -0.25) is 4.90 Å². The van der Waals surface area contributed by atoms with E-state index >= 15 is 0 Å². The lowest BCUT2D eigenvalue weighted by Crippen LogP contribution is -2.51. The summed E-state index contributed by atoms with van der Waals surface area (Å²) in [5, 5.41) is 21.9. The van der Waals surface area contributed by atoms with Crippen molar-refractivity contribution in [3.8, 4) is 11.5 Å². The highest BCUT2D eigenvalue weighted by Crippen LogP contribution is 2.42. The van der Waals surface area contributed by atoms with Crippen LogP contribution in [0.1, 0.15) is 11.6 Å². The molecule has 23 heavy (non-hydrogen) atoms. The monoisotopic (exact) mass is 372 g/mol. The van der Waals surface area contributed by atoms with Crippen LogP contribution in [0.15, 0.2) is 12.1 Å². The molecule has 1 aromatic rings. The van der Waals surface area contributed by atoms with E-state index in [1.807, 2.05) is 0 Å². The summed E-state index contributed by atoms with van der Waals surface area (Å²) in [5.41, 5.74) is 0.195. The van der Waals surface area contributed by atoms with Crippen LogP contribution in [-0.2, 0) is 0 Å². The number of phenolic OH excluding ortho intramolecular Hbond substituents is 1. The molecule has 1 saturated heterocycles. The minimum Gasteiger partial charge on any atom is -0.503 e. The molecule has 0 unspecified atom stereocenters. The molecule has 9 heteroatoms. The Morgan fingerprint density at radius 1 is 1.39 bits per heavy atom. The Labute approximate surface area is 144 Å². The number of ether oxygens (including phenoxy) is 1. The van der Waals surface area contributed by atoms with Gasteiger partial charge in [-0.15, -0.1) is 12.4 Å². The normalized spacial score (nSPS) is 17.4. The van der Waals surface area contributed by atoms with E-state index in [1.54, 1.807) is 4.90 Å². The molecule has 0 aliphatic carbocycles. The number of methoxy groups -OCH3 is 1. The van der Waals surface area contributed by atoms with E-state index in [9.17, 15) is 13.9 Å². The average molecular weight is 373 g/mol. The Bertz CT molecular complexity index is 529. The van der Waals surface area contributed by atoms with Crippen LogP contribution in [0.25, 0.3) is 0 Å². The molecule has 1 fully saturated rings. The summed E-state index contributed by atoms with van der Waals surface area (Å²) in [5.74, 6) is -3.61. The van der Waals surface area contributed by atoms with Gasteiger partial charge in [0.15, 0.2) is 11.5 Å². The van der Waals surface area contributed by atoms with E-state index in [4.69, 9.17) is 21.4 Å². The summed E-state index contributed by atoms with van der Waals surface area (Å²) in [6.07, 6.45) is 0. The predicted octanol–water partition coefficient (Wildman–Crippen LogP) is 2.05. The van der Waals surface area contributed by atoms with E-state index in [1.165, 1.54) is 19.2 Å². The number of halogens is 4. The van der Waals surface area contributed by atoms with Gasteiger partial charge in [0, 0.05) is 26.2 Å². The van der Waals surface area contributed by atoms with E-state index in [2.05, 4.69) is 5.32 Å². The molecule has 132 valence electrons. The van der Waals surface area contributed by atoms with Gasteiger partial charge in [0.1, 0.15) is 12.6 Å². The molecule has 0 radical (unpaired) electrons. The van der Waals surface area contributed by atoms with E-state index in [0.717, 1.165) is 0 Å². The number of aromatic hydroxyl groups is 1. The maximum Gasteiger partial charge on any atom is 0.289 e. The van der Waals surface area contributed by atoms with Gasteiger partial charge < -0.3 is 20.3 Å². The largest absolute Gasteiger partial charge is 0.503 e. The van der Waals surface area contributed by atoms with Crippen molar-refractivity contribution in [1.82, 2.24) is 10.2 Å². The number of alkyl halides is 2. The first kappa shape index (κ1) is 20.2. The van der Waals surface area contributed by atoms with Crippen molar-refractivity contribution in [3.63, 3.8) is 0 Å². The van der Waals surface area contributed by atoms with Crippen LogP contribution in [0.2, 0.25) is 5.02 Å². The summed E-state index contributed by atoms with van der Waals surface area (Å²) >= 11 is 5.91. The maximum absolute atomic E-state index is 14.3. The van der Waals surface area contributed by atoms with Gasteiger partial charge in [-0.2, -0.15) is 0 Å². The van der Waals surface area contributed by atoms with Gasteiger partial charge in [0.05, 0.1) is 12.1 Å². The summed E-state index contributed by atoms with van der Waals surface area (Å²) in [4.78, 5) is 1.59. The molecular formula is C14H20Cl2F2N2O3. The van der Waals surface area contributed by atoms with Crippen LogP contribution in [-0.4, -0.2) is 60.9 Å². The number of rotatable bonds is 5. The van der Waals surface area contributed by atoms with Crippen molar-refractivity contribution < 1.29 is 23.7 Å². The SMILES string of the molecule is COc1cc([C@H](N2CCNCC2)C(F)(F)CO)cc(Cl)c1O.Cl. The molecule has 5 nitrogen and oxygen atoms in total. The first-order valence-corrected chi connectivity index (χ1v) is 7.28. The lowest BCUT2D eigenvalue weighted by Gasteiger charge is -2.38. The Morgan fingerprint density at radius 3 is 2.52 bits per heavy atom. The zero-order valence-corrected chi connectivity index (χ0v) is 14.1. The van der Waals surface area contributed by atoms with Crippen LogP contribution in [0.3, 0.4) is 0 Å². The molecule has 0 bridgehead atoms. The molecule has 1 aromatic carbocycles. The number of aliphatic hydroxyl groups is 1. The smallest absolute Gasteiger partial charge is 0.289 e. The molecule has 0 amide bonds. The average Bonchev–Trinajstić information content (AvgIpc) is 2.51. The van der Waals surface area contributed by atoms with Crippen molar-refractivity contribution in [2.24, 2.45) is 0 Å². The number of hydrogen-bond acceptors (Lipinski definition) is 5. The fraction of sp³-hybridized carbons (Fsp3) is 0.571. The van der Waals surface area contributed by atoms with Crippen LogP contribution < -0.4 is 10.1 Å². The zero-order valence-electron chi connectivity index (χ0n) is 12.6. The number of piperazine rings is 1. The highest BCUT2D eigenvalue weighted by molar-refractivity contribution is 6.32. The second-order valence-electron chi connectivity index (χ2n) is 5.16. The molecule has 1 aliphatic rings. The van der Waals surface area contributed by atoms with E-state index < -0.39 is 18.6 Å². The molecule has 1 aliphatic heterocycles. The predicted molar refractivity (Wildman–Crippen MR) is 86.1 cm³/mol. The third kappa shape index (κ3) is 4.36. The first-order chi connectivity index (χ1) is 10.4. The molecule has 0 saturated carbocycles. The first-order valence-electron chi connectivity index (χ1n) is 6.90. The molecule has 0 aromatic heterocycles.